The number of anilines is 1. The van der Waals surface area contributed by atoms with E-state index < -0.39 is 12.8 Å². The zero-order chi connectivity index (χ0) is 17.2. The molecule has 5 nitrogen and oxygen atoms in total. The summed E-state index contributed by atoms with van der Waals surface area (Å²) in [5.74, 6) is 0.816. The second-order valence-electron chi connectivity index (χ2n) is 6.49. The van der Waals surface area contributed by atoms with Gasteiger partial charge >= 0.3 is 6.09 Å². The fraction of sp³-hybridized carbons (Fsp3) is 0.444. The lowest BCUT2D eigenvalue weighted by atomic mass is 9.86. The second-order valence-corrected chi connectivity index (χ2v) is 7.58. The largest absolute Gasteiger partial charge is 0.444 e. The Morgan fingerprint density at radius 2 is 2.08 bits per heavy atom. The summed E-state index contributed by atoms with van der Waals surface area (Å²) in [6, 6.07) is 9.55. The molecule has 0 unspecified atom stereocenters. The number of halogens is 1. The molecule has 2 aromatic rings. The van der Waals surface area contributed by atoms with Crippen molar-refractivity contribution < 1.29 is 13.9 Å². The topological polar surface area (TPSA) is 54.5 Å². The highest BCUT2D eigenvalue weighted by atomic mass is 32.1. The predicted molar refractivity (Wildman–Crippen MR) is 95.4 cm³/mol. The summed E-state index contributed by atoms with van der Waals surface area (Å²) in [4.78, 5) is 19.6. The molecule has 1 aromatic heterocycles. The minimum Gasteiger partial charge on any atom is -0.444 e. The number of hydrogen-bond donors (Lipinski definition) is 1. The van der Waals surface area contributed by atoms with Crippen LogP contribution in [0, 0.1) is 5.92 Å². The Morgan fingerprint density at radius 3 is 2.72 bits per heavy atom. The summed E-state index contributed by atoms with van der Waals surface area (Å²) in [7, 11) is 0. The fourth-order valence-corrected chi connectivity index (χ4v) is 4.47. The molecule has 3 aliphatic heterocycles. The molecule has 3 fully saturated rings. The first kappa shape index (κ1) is 16.5. The lowest BCUT2D eigenvalue weighted by molar-refractivity contribution is -0.0290. The van der Waals surface area contributed by atoms with E-state index in [1.54, 1.807) is 0 Å². The van der Waals surface area contributed by atoms with E-state index in [1.807, 2.05) is 30.3 Å². The fourth-order valence-electron chi connectivity index (χ4n) is 3.60. The Kier molecular flexibility index (Phi) is 4.67. The molecule has 25 heavy (non-hydrogen) atoms. The van der Waals surface area contributed by atoms with Crippen LogP contribution in [0.3, 0.4) is 0 Å². The lowest BCUT2D eigenvalue weighted by Gasteiger charge is -2.43. The number of amides is 1. The normalized spacial score (nSPS) is 24.9. The minimum atomic E-state index is -0.652. The number of nitrogens with zero attached hydrogens (tertiary/aromatic N) is 2. The van der Waals surface area contributed by atoms with Crippen LogP contribution in [-0.2, 0) is 11.4 Å². The van der Waals surface area contributed by atoms with E-state index in [0.717, 1.165) is 42.9 Å². The van der Waals surface area contributed by atoms with Crippen LogP contribution in [0.25, 0.3) is 10.4 Å². The van der Waals surface area contributed by atoms with E-state index in [9.17, 15) is 9.18 Å². The maximum Gasteiger partial charge on any atom is 0.413 e. The van der Waals surface area contributed by atoms with Gasteiger partial charge in [0, 0.05) is 6.54 Å². The van der Waals surface area contributed by atoms with Gasteiger partial charge < -0.3 is 4.74 Å². The highest BCUT2D eigenvalue weighted by molar-refractivity contribution is 7.15. The number of fused-ring (bicyclic) bond motifs is 3. The quantitative estimate of drug-likeness (QED) is 0.897. The average Bonchev–Trinajstić information content (AvgIpc) is 3.06. The molecular weight excluding hydrogens is 341 g/mol. The maximum atomic E-state index is 13.0. The standard InChI is InChI=1S/C18H20FN3O2S/c19-10-15-20-17(16(25-15)13-4-2-1-3-5-13)21-18(23)24-14-11-22-8-6-12(14)7-9-22/h1-5,12,14H,6-11H2,(H,21,23)/t14-/m0/s1. The van der Waals surface area contributed by atoms with Gasteiger partial charge in [0.15, 0.2) is 5.82 Å². The highest BCUT2D eigenvalue weighted by Gasteiger charge is 2.36. The zero-order valence-corrected chi connectivity index (χ0v) is 14.6. The lowest BCUT2D eigenvalue weighted by Crippen LogP contribution is -2.52. The summed E-state index contributed by atoms with van der Waals surface area (Å²) < 4.78 is 18.7. The molecule has 1 atom stereocenters. The van der Waals surface area contributed by atoms with Crippen LogP contribution < -0.4 is 5.32 Å². The molecule has 1 amide bonds. The van der Waals surface area contributed by atoms with Gasteiger partial charge in [-0.1, -0.05) is 30.3 Å². The number of alkyl halides is 1. The Hall–Kier alpha value is -1.99. The Bertz CT molecular complexity index is 744. The number of nitrogens with one attached hydrogen (secondary N) is 1. The molecule has 1 N–H and O–H groups in total. The summed E-state index contributed by atoms with van der Waals surface area (Å²) >= 11 is 1.25. The van der Waals surface area contributed by atoms with Gasteiger partial charge in [-0.05, 0) is 37.4 Å². The summed E-state index contributed by atoms with van der Waals surface area (Å²) in [5, 5.41) is 3.07. The van der Waals surface area contributed by atoms with Crippen LogP contribution in [0.2, 0.25) is 0 Å². The first-order chi connectivity index (χ1) is 12.2. The van der Waals surface area contributed by atoms with Crippen molar-refractivity contribution in [1.29, 1.82) is 0 Å². The van der Waals surface area contributed by atoms with E-state index in [2.05, 4.69) is 15.2 Å². The number of rotatable bonds is 4. The number of thiazole rings is 1. The molecular formula is C18H20FN3O2S. The number of carbonyl (C=O) groups excluding carboxylic acids is 1. The van der Waals surface area contributed by atoms with Crippen LogP contribution in [0.5, 0.6) is 0 Å². The second kappa shape index (κ2) is 7.09. The highest BCUT2D eigenvalue weighted by Crippen LogP contribution is 2.35. The number of benzene rings is 1. The predicted octanol–water partition coefficient (Wildman–Crippen LogP) is 3.92. The SMILES string of the molecule is O=C(Nc1nc(CF)sc1-c1ccccc1)O[C@H]1CN2CCC1CC2. The van der Waals surface area contributed by atoms with Gasteiger partial charge in [-0.25, -0.2) is 14.2 Å². The third kappa shape index (κ3) is 3.52. The van der Waals surface area contributed by atoms with Crippen molar-refractivity contribution in [3.8, 4) is 10.4 Å². The van der Waals surface area contributed by atoms with Crippen LogP contribution in [-0.4, -0.2) is 41.7 Å². The van der Waals surface area contributed by atoms with Crippen LogP contribution >= 0.6 is 11.3 Å². The number of piperidine rings is 3. The van der Waals surface area contributed by atoms with Crippen LogP contribution in [0.15, 0.2) is 30.3 Å². The number of hydrogen-bond acceptors (Lipinski definition) is 5. The van der Waals surface area contributed by atoms with Crippen LogP contribution in [0.4, 0.5) is 15.0 Å². The molecule has 0 aliphatic carbocycles. The van der Waals surface area contributed by atoms with Gasteiger partial charge in [0.1, 0.15) is 17.8 Å². The molecule has 7 heteroatoms. The molecule has 132 valence electrons. The summed E-state index contributed by atoms with van der Waals surface area (Å²) in [6.07, 6.45) is 1.58. The Morgan fingerprint density at radius 1 is 1.32 bits per heavy atom. The van der Waals surface area contributed by atoms with E-state index in [0.29, 0.717) is 16.7 Å². The molecule has 2 bridgehead atoms. The first-order valence-corrected chi connectivity index (χ1v) is 9.35. The van der Waals surface area contributed by atoms with Gasteiger partial charge in [-0.15, -0.1) is 11.3 Å². The number of aromatic nitrogens is 1. The molecule has 5 rings (SSSR count). The average molecular weight is 361 g/mol. The van der Waals surface area contributed by atoms with Gasteiger partial charge in [-0.2, -0.15) is 0 Å². The van der Waals surface area contributed by atoms with Crippen LogP contribution in [0.1, 0.15) is 17.8 Å². The third-order valence-electron chi connectivity index (χ3n) is 4.90. The number of ether oxygens (including phenoxy) is 1. The zero-order valence-electron chi connectivity index (χ0n) is 13.8. The van der Waals surface area contributed by atoms with Crippen molar-refractivity contribution in [2.75, 3.05) is 25.0 Å². The van der Waals surface area contributed by atoms with E-state index in [4.69, 9.17) is 4.74 Å². The molecule has 1 aromatic carbocycles. The smallest absolute Gasteiger partial charge is 0.413 e. The van der Waals surface area contributed by atoms with Crippen molar-refractivity contribution in [3.05, 3.63) is 35.3 Å². The van der Waals surface area contributed by atoms with Crippen molar-refractivity contribution in [2.24, 2.45) is 5.92 Å². The van der Waals surface area contributed by atoms with Gasteiger partial charge in [0.25, 0.3) is 0 Å². The van der Waals surface area contributed by atoms with E-state index >= 15 is 0 Å². The molecule has 0 saturated carbocycles. The van der Waals surface area contributed by atoms with E-state index in [1.165, 1.54) is 11.3 Å². The van der Waals surface area contributed by atoms with Crippen molar-refractivity contribution in [3.63, 3.8) is 0 Å². The van der Waals surface area contributed by atoms with E-state index in [-0.39, 0.29) is 6.10 Å². The molecule has 3 aliphatic rings. The Balaban J connectivity index is 1.48. The third-order valence-corrected chi connectivity index (χ3v) is 5.97. The minimum absolute atomic E-state index is 0.0676. The molecule has 0 radical (unpaired) electrons. The van der Waals surface area contributed by atoms with Crippen molar-refractivity contribution >= 4 is 23.2 Å². The van der Waals surface area contributed by atoms with Gasteiger partial charge in [-0.3, -0.25) is 10.2 Å². The Labute approximate surface area is 149 Å². The van der Waals surface area contributed by atoms with Crippen molar-refractivity contribution in [1.82, 2.24) is 9.88 Å². The van der Waals surface area contributed by atoms with Crippen molar-refractivity contribution in [2.45, 2.75) is 25.6 Å². The first-order valence-electron chi connectivity index (χ1n) is 8.54. The number of carbonyl (C=O) groups is 1. The van der Waals surface area contributed by atoms with Gasteiger partial charge in [0.2, 0.25) is 0 Å². The van der Waals surface area contributed by atoms with Gasteiger partial charge in [0.05, 0.1) is 4.88 Å². The molecule has 4 heterocycles. The molecule has 3 saturated heterocycles. The molecule has 0 spiro atoms. The summed E-state index contributed by atoms with van der Waals surface area (Å²) in [6.45, 7) is 2.34. The monoisotopic (exact) mass is 361 g/mol. The summed E-state index contributed by atoms with van der Waals surface area (Å²) in [5.41, 5.74) is 0.901. The maximum absolute atomic E-state index is 13.0.